The zero-order chi connectivity index (χ0) is 28.1. The number of halogens is 1. The number of fused-ring (bicyclic) bond motifs is 1. The number of amides is 3. The highest BCUT2D eigenvalue weighted by Gasteiger charge is 2.54. The lowest BCUT2D eigenvalue weighted by Crippen LogP contribution is -2.71. The van der Waals surface area contributed by atoms with Crippen LogP contribution in [0.15, 0.2) is 65.9 Å². The number of rotatable bonds is 10. The minimum Gasteiger partial charge on any atom is -0.477 e. The van der Waals surface area contributed by atoms with Crippen LogP contribution >= 0.6 is 23.4 Å². The lowest BCUT2D eigenvalue weighted by atomic mass is 10.0. The van der Waals surface area contributed by atoms with Gasteiger partial charge in [0.25, 0.3) is 11.8 Å². The van der Waals surface area contributed by atoms with Crippen molar-refractivity contribution in [1.29, 1.82) is 0 Å². The maximum Gasteiger partial charge on any atom is 0.352 e. The van der Waals surface area contributed by atoms with Crippen molar-refractivity contribution in [3.63, 3.8) is 0 Å². The number of hydroxylamine groups is 2. The van der Waals surface area contributed by atoms with Gasteiger partial charge in [-0.15, -0.1) is 11.8 Å². The topological polar surface area (TPSA) is 143 Å². The van der Waals surface area contributed by atoms with E-state index in [2.05, 4.69) is 5.32 Å². The number of carbonyl (C=O) groups excluding carboxylic acids is 4. The number of hydrogen-bond donors (Lipinski definition) is 2. The number of nitrogens with one attached hydrogen (secondary N) is 1. The van der Waals surface area contributed by atoms with Crippen LogP contribution < -0.4 is 5.32 Å². The van der Waals surface area contributed by atoms with Crippen molar-refractivity contribution in [3.05, 3.63) is 82.0 Å². The van der Waals surface area contributed by atoms with E-state index in [0.717, 1.165) is 9.96 Å². The molecule has 2 N–H and O–H groups in total. The Balaban J connectivity index is 1.44. The zero-order valence-electron chi connectivity index (χ0n) is 20.7. The van der Waals surface area contributed by atoms with E-state index in [4.69, 9.17) is 21.2 Å². The summed E-state index contributed by atoms with van der Waals surface area (Å²) in [5.41, 5.74) is 0.990. The van der Waals surface area contributed by atoms with Gasteiger partial charge >= 0.3 is 11.9 Å². The Morgan fingerprint density at radius 3 is 2.54 bits per heavy atom. The molecule has 2 atom stereocenters. The number of ether oxygens (including phenoxy) is 1. The maximum absolute atomic E-state index is 13.1. The number of nitrogens with zero attached hydrogens (tertiary/aromatic N) is 2. The molecule has 2 aromatic carbocycles. The van der Waals surface area contributed by atoms with E-state index in [1.807, 2.05) is 0 Å². The molecule has 204 valence electrons. The van der Waals surface area contributed by atoms with Gasteiger partial charge in [-0.2, -0.15) is 0 Å². The van der Waals surface area contributed by atoms with E-state index in [1.165, 1.54) is 18.7 Å². The maximum atomic E-state index is 13.1. The van der Waals surface area contributed by atoms with E-state index in [0.29, 0.717) is 16.1 Å². The molecule has 0 bridgehead atoms. The Labute approximate surface area is 232 Å². The summed E-state index contributed by atoms with van der Waals surface area (Å²) < 4.78 is 4.92. The fraction of sp³-hybridized carbons (Fsp3) is 0.269. The van der Waals surface area contributed by atoms with Gasteiger partial charge in [-0.1, -0.05) is 41.9 Å². The molecule has 3 amide bonds. The number of carboxylic acids is 1. The predicted molar refractivity (Wildman–Crippen MR) is 140 cm³/mol. The van der Waals surface area contributed by atoms with Crippen LogP contribution in [0, 0.1) is 0 Å². The molecule has 0 spiro atoms. The number of hydrogen-bond acceptors (Lipinski definition) is 8. The van der Waals surface area contributed by atoms with Crippen LogP contribution in [-0.4, -0.2) is 75.1 Å². The second-order valence-electron chi connectivity index (χ2n) is 8.60. The van der Waals surface area contributed by atoms with Crippen molar-refractivity contribution in [3.8, 4) is 0 Å². The van der Waals surface area contributed by atoms with Gasteiger partial charge in [-0.3, -0.25) is 28.9 Å². The summed E-state index contributed by atoms with van der Waals surface area (Å²) in [6.45, 7) is 0.385. The van der Waals surface area contributed by atoms with Crippen molar-refractivity contribution in [1.82, 2.24) is 15.3 Å². The van der Waals surface area contributed by atoms with E-state index in [-0.39, 0.29) is 30.2 Å². The molecular weight excluding hydrogens is 550 g/mol. The summed E-state index contributed by atoms with van der Waals surface area (Å²) in [7, 11) is 0. The van der Waals surface area contributed by atoms with Gasteiger partial charge in [-0.05, 0) is 29.8 Å². The zero-order valence-corrected chi connectivity index (χ0v) is 22.2. The van der Waals surface area contributed by atoms with Gasteiger partial charge in [0.1, 0.15) is 36.9 Å². The Hall–Kier alpha value is -3.87. The molecule has 2 aliphatic rings. The third-order valence-corrected chi connectivity index (χ3v) is 7.40. The quantitative estimate of drug-likeness (QED) is 0.248. The van der Waals surface area contributed by atoms with E-state index >= 15 is 0 Å². The number of carbonyl (C=O) groups is 5. The molecule has 0 aliphatic carbocycles. The summed E-state index contributed by atoms with van der Waals surface area (Å²) in [5.74, 6) is -3.58. The van der Waals surface area contributed by atoms with Crippen LogP contribution in [0.1, 0.15) is 22.8 Å². The monoisotopic (exact) mass is 573 g/mol. The third-order valence-electron chi connectivity index (χ3n) is 5.83. The van der Waals surface area contributed by atoms with Gasteiger partial charge < -0.3 is 15.2 Å². The smallest absolute Gasteiger partial charge is 0.352 e. The Morgan fingerprint density at radius 2 is 1.87 bits per heavy atom. The number of esters is 1. The highest BCUT2D eigenvalue weighted by atomic mass is 35.5. The molecule has 0 aromatic heterocycles. The Kier molecular flexibility index (Phi) is 8.90. The fourth-order valence-electron chi connectivity index (χ4n) is 4.01. The van der Waals surface area contributed by atoms with E-state index in [9.17, 15) is 29.1 Å². The predicted octanol–water partition coefficient (Wildman–Crippen LogP) is 2.22. The van der Waals surface area contributed by atoms with Crippen LogP contribution in [0.2, 0.25) is 5.02 Å². The first-order valence-electron chi connectivity index (χ1n) is 11.7. The molecule has 0 radical (unpaired) electrons. The normalized spacial score (nSPS) is 18.1. The van der Waals surface area contributed by atoms with Crippen molar-refractivity contribution >= 4 is 53.0 Å². The average Bonchev–Trinajstić information content (AvgIpc) is 2.92. The van der Waals surface area contributed by atoms with Crippen LogP contribution in [0.5, 0.6) is 0 Å². The summed E-state index contributed by atoms with van der Waals surface area (Å²) in [5, 5.41) is 13.0. The van der Waals surface area contributed by atoms with Gasteiger partial charge in [0.15, 0.2) is 0 Å². The second kappa shape index (κ2) is 12.3. The SMILES string of the molecule is CC(=O)OCC1=C(C(=O)O)N2C(=O)[C@@H](NC(=O)CN(OCc3cccc(Cl)c3)C(=O)c3ccccc3)C2SC1. The van der Waals surface area contributed by atoms with Crippen LogP contribution in [0.25, 0.3) is 0 Å². The standard InChI is InChI=1S/C26H24ClN3O8S/c1-15(31)37-13-18-14-39-25-21(24(34)30(25)22(18)26(35)36)28-20(32)11-29(23(33)17-7-3-2-4-8-17)38-12-16-6-5-9-19(27)10-16/h2-10,21,25H,11-14H2,1H3,(H,28,32)(H,35,36)/t21-,25?/m1/s1. The fourth-order valence-corrected chi connectivity index (χ4v) is 5.55. The van der Waals surface area contributed by atoms with Crippen molar-refractivity contribution in [2.24, 2.45) is 0 Å². The summed E-state index contributed by atoms with van der Waals surface area (Å²) in [4.78, 5) is 68.7. The molecule has 39 heavy (non-hydrogen) atoms. The number of aliphatic carboxylic acids is 1. The number of β-lactam (4-membered cyclic amide) rings is 1. The molecule has 2 aromatic rings. The van der Waals surface area contributed by atoms with Crippen LogP contribution in [0.3, 0.4) is 0 Å². The summed E-state index contributed by atoms with van der Waals surface area (Å²) in [6, 6.07) is 14.1. The Morgan fingerprint density at radius 1 is 1.13 bits per heavy atom. The van der Waals surface area contributed by atoms with E-state index in [1.54, 1.807) is 54.6 Å². The highest BCUT2D eigenvalue weighted by molar-refractivity contribution is 8.00. The van der Waals surface area contributed by atoms with Gasteiger partial charge in [0.05, 0.1) is 0 Å². The minimum atomic E-state index is -1.34. The van der Waals surface area contributed by atoms with Crippen molar-refractivity contribution in [2.45, 2.75) is 24.9 Å². The molecule has 2 aliphatic heterocycles. The molecule has 4 rings (SSSR count). The number of benzene rings is 2. The Bertz CT molecular complexity index is 1340. The number of thioether (sulfide) groups is 1. The highest BCUT2D eigenvalue weighted by Crippen LogP contribution is 2.40. The number of carboxylic acid groups (broad SMARTS) is 1. The van der Waals surface area contributed by atoms with E-state index < -0.39 is 47.6 Å². The molecule has 11 nitrogen and oxygen atoms in total. The van der Waals surface area contributed by atoms with Gasteiger partial charge in [-0.25, -0.2) is 9.86 Å². The summed E-state index contributed by atoms with van der Waals surface area (Å²) >= 11 is 7.25. The van der Waals surface area contributed by atoms with Crippen molar-refractivity contribution < 1.29 is 38.7 Å². The lowest BCUT2D eigenvalue weighted by Gasteiger charge is -2.49. The first kappa shape index (κ1) is 28.1. The lowest BCUT2D eigenvalue weighted by molar-refractivity contribution is -0.157. The molecule has 13 heteroatoms. The average molecular weight is 574 g/mol. The van der Waals surface area contributed by atoms with Crippen LogP contribution in [-0.2, 0) is 35.4 Å². The molecule has 0 saturated carbocycles. The third kappa shape index (κ3) is 6.59. The first-order chi connectivity index (χ1) is 18.7. The minimum absolute atomic E-state index is 0.0428. The molecule has 1 saturated heterocycles. The molecular formula is C26H24ClN3O8S. The largest absolute Gasteiger partial charge is 0.477 e. The molecule has 2 heterocycles. The first-order valence-corrected chi connectivity index (χ1v) is 13.2. The second-order valence-corrected chi connectivity index (χ2v) is 10.1. The summed E-state index contributed by atoms with van der Waals surface area (Å²) in [6.07, 6.45) is 0. The molecule has 1 fully saturated rings. The van der Waals surface area contributed by atoms with Crippen LogP contribution in [0.4, 0.5) is 0 Å². The van der Waals surface area contributed by atoms with Gasteiger partial charge in [0.2, 0.25) is 5.91 Å². The van der Waals surface area contributed by atoms with Gasteiger partial charge in [0, 0.05) is 28.8 Å². The molecule has 1 unspecified atom stereocenters. The van der Waals surface area contributed by atoms with Crippen molar-refractivity contribution in [2.75, 3.05) is 18.9 Å².